The summed E-state index contributed by atoms with van der Waals surface area (Å²) < 4.78 is 13.3. The molecule has 0 spiro atoms. The second kappa shape index (κ2) is 3.67. The highest BCUT2D eigenvalue weighted by molar-refractivity contribution is 6.68. The molecule has 1 saturated heterocycles. The Balaban J connectivity index is 2.49. The zero-order valence-electron chi connectivity index (χ0n) is 8.47. The number of alkyl halides is 1. The van der Waals surface area contributed by atoms with Gasteiger partial charge in [-0.15, -0.1) is 0 Å². The minimum atomic E-state index is -0.858. The average molecular weight is 182 g/mol. The van der Waals surface area contributed by atoms with E-state index in [1.54, 1.807) is 0 Å². The van der Waals surface area contributed by atoms with Crippen molar-refractivity contribution < 1.29 is 4.39 Å². The van der Waals surface area contributed by atoms with Crippen molar-refractivity contribution in [3.63, 3.8) is 0 Å². The number of hydrogen-bond donors (Lipinski definition) is 1. The standard InChI is InChI=1S/C9H16BFN2/c1-9(2,3)13-8-5-10(6-12)4-7(8)11/h7-8,13H,4-5H2,1-3H3. The number of hydrogen-bond acceptors (Lipinski definition) is 2. The van der Waals surface area contributed by atoms with Crippen molar-refractivity contribution in [2.24, 2.45) is 0 Å². The first kappa shape index (κ1) is 10.5. The third kappa shape index (κ3) is 3.00. The summed E-state index contributed by atoms with van der Waals surface area (Å²) >= 11 is 0. The fourth-order valence-corrected chi connectivity index (χ4v) is 1.80. The molecule has 1 fully saturated rings. The lowest BCUT2D eigenvalue weighted by Crippen LogP contribution is -2.45. The highest BCUT2D eigenvalue weighted by Crippen LogP contribution is 2.25. The molecule has 0 aromatic carbocycles. The molecule has 2 unspecified atom stereocenters. The molecule has 1 aliphatic heterocycles. The average Bonchev–Trinajstić information content (AvgIpc) is 2.29. The minimum Gasteiger partial charge on any atom is -0.307 e. The number of nitrogens with zero attached hydrogens (tertiary/aromatic N) is 1. The Kier molecular flexibility index (Phi) is 2.97. The monoisotopic (exact) mass is 182 g/mol. The maximum absolute atomic E-state index is 13.3. The van der Waals surface area contributed by atoms with E-state index in [-0.39, 0.29) is 18.3 Å². The smallest absolute Gasteiger partial charge is 0.272 e. The van der Waals surface area contributed by atoms with Crippen LogP contribution >= 0.6 is 0 Å². The fraction of sp³-hybridized carbons (Fsp3) is 0.889. The van der Waals surface area contributed by atoms with Crippen LogP contribution in [0.3, 0.4) is 0 Å². The molecular weight excluding hydrogens is 166 g/mol. The van der Waals surface area contributed by atoms with Crippen molar-refractivity contribution in [3.8, 4) is 5.97 Å². The van der Waals surface area contributed by atoms with Crippen molar-refractivity contribution in [3.05, 3.63) is 0 Å². The molecular formula is C9H16BFN2. The first-order valence-electron chi connectivity index (χ1n) is 4.74. The van der Waals surface area contributed by atoms with E-state index < -0.39 is 6.17 Å². The Hall–Kier alpha value is -0.555. The Bertz CT molecular complexity index is 219. The molecule has 0 aliphatic carbocycles. The molecule has 1 rings (SSSR count). The predicted octanol–water partition coefficient (Wildman–Crippen LogP) is 1.65. The molecule has 13 heavy (non-hydrogen) atoms. The number of rotatable bonds is 1. The molecule has 0 aromatic heterocycles. The molecule has 0 bridgehead atoms. The number of halogens is 1. The molecule has 1 N–H and O–H groups in total. The zero-order valence-corrected chi connectivity index (χ0v) is 8.47. The van der Waals surface area contributed by atoms with Crippen LogP contribution in [0.25, 0.3) is 0 Å². The Morgan fingerprint density at radius 2 is 2.08 bits per heavy atom. The first-order chi connectivity index (χ1) is 5.92. The quantitative estimate of drug-likeness (QED) is 0.626. The van der Waals surface area contributed by atoms with Crippen LogP contribution < -0.4 is 5.32 Å². The van der Waals surface area contributed by atoms with Gasteiger partial charge in [0.2, 0.25) is 0 Å². The van der Waals surface area contributed by atoms with E-state index in [0.29, 0.717) is 12.6 Å². The summed E-state index contributed by atoms with van der Waals surface area (Å²) in [7, 11) is 0. The fourth-order valence-electron chi connectivity index (χ4n) is 1.80. The topological polar surface area (TPSA) is 35.8 Å². The van der Waals surface area contributed by atoms with Gasteiger partial charge < -0.3 is 5.32 Å². The van der Waals surface area contributed by atoms with Crippen molar-refractivity contribution in [2.75, 3.05) is 0 Å². The maximum Gasteiger partial charge on any atom is 0.272 e. The van der Waals surface area contributed by atoms with E-state index in [1.807, 2.05) is 20.8 Å². The van der Waals surface area contributed by atoms with Crippen LogP contribution in [0.4, 0.5) is 4.39 Å². The van der Waals surface area contributed by atoms with E-state index >= 15 is 0 Å². The molecule has 2 nitrogen and oxygen atoms in total. The Labute approximate surface area is 79.6 Å². The van der Waals surface area contributed by atoms with Crippen LogP contribution in [0.1, 0.15) is 20.8 Å². The lowest BCUT2D eigenvalue weighted by atomic mass is 9.50. The van der Waals surface area contributed by atoms with Gasteiger partial charge in [-0.1, -0.05) is 0 Å². The van der Waals surface area contributed by atoms with Gasteiger partial charge in [-0.3, -0.25) is 0 Å². The van der Waals surface area contributed by atoms with Crippen LogP contribution in [0.15, 0.2) is 0 Å². The van der Waals surface area contributed by atoms with Gasteiger partial charge in [-0.2, -0.15) is 0 Å². The highest BCUT2D eigenvalue weighted by atomic mass is 19.1. The van der Waals surface area contributed by atoms with Gasteiger partial charge in [0.25, 0.3) is 6.71 Å². The second-order valence-electron chi connectivity index (χ2n) is 4.81. The summed E-state index contributed by atoms with van der Waals surface area (Å²) in [5.41, 5.74) is -0.0701. The normalized spacial score (nSPS) is 29.0. The van der Waals surface area contributed by atoms with Gasteiger partial charge >= 0.3 is 0 Å². The van der Waals surface area contributed by atoms with Crippen molar-refractivity contribution in [2.45, 2.75) is 51.2 Å². The second-order valence-corrected chi connectivity index (χ2v) is 4.81. The number of nitrogens with one attached hydrogen (secondary N) is 1. The van der Waals surface area contributed by atoms with Crippen molar-refractivity contribution in [1.82, 2.24) is 5.32 Å². The highest BCUT2D eigenvalue weighted by Gasteiger charge is 2.38. The van der Waals surface area contributed by atoms with Crippen LogP contribution in [0.2, 0.25) is 12.6 Å². The van der Waals surface area contributed by atoms with Crippen LogP contribution in [-0.4, -0.2) is 24.5 Å². The van der Waals surface area contributed by atoms with Gasteiger partial charge in [0.1, 0.15) is 6.17 Å². The molecule has 0 aromatic rings. The van der Waals surface area contributed by atoms with Crippen molar-refractivity contribution >= 4 is 6.71 Å². The molecule has 1 heterocycles. The van der Waals surface area contributed by atoms with Crippen LogP contribution in [0.5, 0.6) is 0 Å². The SMILES string of the molecule is CC(C)(C)NC1CB(C#N)CC1F. The van der Waals surface area contributed by atoms with Crippen LogP contribution in [0, 0.1) is 11.2 Å². The van der Waals surface area contributed by atoms with Gasteiger partial charge in [-0.05, 0) is 33.4 Å². The van der Waals surface area contributed by atoms with Crippen molar-refractivity contribution in [1.29, 1.82) is 5.26 Å². The zero-order chi connectivity index (χ0) is 10.1. The summed E-state index contributed by atoms with van der Waals surface area (Å²) in [6.45, 7) is 5.94. The van der Waals surface area contributed by atoms with Gasteiger partial charge in [0.15, 0.2) is 0 Å². The number of nitriles is 1. The Morgan fingerprint density at radius 3 is 2.46 bits per heavy atom. The molecule has 4 heteroatoms. The van der Waals surface area contributed by atoms with E-state index in [1.165, 1.54) is 0 Å². The summed E-state index contributed by atoms with van der Waals surface area (Å²) in [5.74, 6) is 2.13. The summed E-state index contributed by atoms with van der Waals surface area (Å²) in [6.07, 6.45) is 0.183. The van der Waals surface area contributed by atoms with Gasteiger partial charge in [0, 0.05) is 17.5 Å². The van der Waals surface area contributed by atoms with E-state index in [9.17, 15) is 4.39 Å². The first-order valence-corrected chi connectivity index (χ1v) is 4.74. The minimum absolute atomic E-state index is 0.0701. The lowest BCUT2D eigenvalue weighted by Gasteiger charge is -2.27. The van der Waals surface area contributed by atoms with Crippen LogP contribution in [-0.2, 0) is 0 Å². The molecule has 0 amide bonds. The predicted molar refractivity (Wildman–Crippen MR) is 52.6 cm³/mol. The summed E-state index contributed by atoms with van der Waals surface area (Å²) in [6, 6.07) is -0.135. The summed E-state index contributed by atoms with van der Waals surface area (Å²) in [5, 5.41) is 11.9. The molecule has 0 radical (unpaired) electrons. The van der Waals surface area contributed by atoms with E-state index in [2.05, 4.69) is 11.3 Å². The van der Waals surface area contributed by atoms with E-state index in [4.69, 9.17) is 5.26 Å². The Morgan fingerprint density at radius 1 is 1.46 bits per heavy atom. The molecule has 72 valence electrons. The summed E-state index contributed by atoms with van der Waals surface area (Å²) in [4.78, 5) is 0. The van der Waals surface area contributed by atoms with E-state index in [0.717, 1.165) is 0 Å². The largest absolute Gasteiger partial charge is 0.307 e. The van der Waals surface area contributed by atoms with Gasteiger partial charge in [0.05, 0.1) is 0 Å². The maximum atomic E-state index is 13.3. The molecule has 2 atom stereocenters. The van der Waals surface area contributed by atoms with Gasteiger partial charge in [-0.25, -0.2) is 9.65 Å². The molecule has 0 saturated carbocycles. The third-order valence-electron chi connectivity index (χ3n) is 2.29. The molecule has 1 aliphatic rings. The lowest BCUT2D eigenvalue weighted by molar-refractivity contribution is 0.254. The third-order valence-corrected chi connectivity index (χ3v) is 2.29.